The summed E-state index contributed by atoms with van der Waals surface area (Å²) in [7, 11) is 0. The lowest BCUT2D eigenvalue weighted by atomic mass is 10.1. The lowest BCUT2D eigenvalue weighted by Crippen LogP contribution is -2.10. The molecule has 112 valence electrons. The van der Waals surface area contributed by atoms with E-state index in [4.69, 9.17) is 0 Å². The molecular weight excluding hydrogens is 282 g/mol. The van der Waals surface area contributed by atoms with Gasteiger partial charge in [0.2, 0.25) is 0 Å². The van der Waals surface area contributed by atoms with Crippen LogP contribution in [0.3, 0.4) is 0 Å². The second-order valence-corrected chi connectivity index (χ2v) is 5.47. The van der Waals surface area contributed by atoms with E-state index >= 15 is 0 Å². The first-order valence-corrected chi connectivity index (χ1v) is 8.28. The molecule has 0 radical (unpaired) electrons. The topological polar surface area (TPSA) is 62.7 Å². The molecule has 0 fully saturated rings. The van der Waals surface area contributed by atoms with Crippen LogP contribution in [0.15, 0.2) is 35.7 Å². The first-order valence-electron chi connectivity index (χ1n) is 7.06. The van der Waals surface area contributed by atoms with E-state index in [2.05, 4.69) is 39.4 Å². The van der Waals surface area contributed by atoms with Gasteiger partial charge >= 0.3 is 0 Å². The molecule has 0 amide bonds. The van der Waals surface area contributed by atoms with Crippen molar-refractivity contribution < 1.29 is 0 Å². The van der Waals surface area contributed by atoms with E-state index in [1.165, 1.54) is 5.56 Å². The van der Waals surface area contributed by atoms with Crippen molar-refractivity contribution in [2.45, 2.75) is 31.5 Å². The highest BCUT2D eigenvalue weighted by Gasteiger charge is 2.08. The largest absolute Gasteiger partial charge is 0.370 e. The second kappa shape index (κ2) is 7.83. The molecule has 1 atom stereocenters. The summed E-state index contributed by atoms with van der Waals surface area (Å²) in [6.45, 7) is 5.15. The molecule has 0 aliphatic heterocycles. The number of hydrogen-bond acceptors (Lipinski definition) is 6. The summed E-state index contributed by atoms with van der Waals surface area (Å²) in [6, 6.07) is 6.12. The van der Waals surface area contributed by atoms with Crippen LogP contribution in [-0.4, -0.2) is 27.8 Å². The quantitative estimate of drug-likeness (QED) is 0.602. The Bertz CT molecular complexity index is 561. The predicted octanol–water partition coefficient (Wildman–Crippen LogP) is 3.59. The zero-order valence-electron chi connectivity index (χ0n) is 12.6. The number of hydrogen-bond donors (Lipinski definition) is 2. The minimum atomic E-state index is 0.164. The minimum Gasteiger partial charge on any atom is -0.370 e. The number of rotatable bonds is 7. The average molecular weight is 303 g/mol. The van der Waals surface area contributed by atoms with Crippen molar-refractivity contribution in [2.75, 3.05) is 23.4 Å². The molecule has 0 aliphatic carbocycles. The molecule has 0 aromatic carbocycles. The molecule has 2 N–H and O–H groups in total. The van der Waals surface area contributed by atoms with Gasteiger partial charge in [-0.05, 0) is 37.3 Å². The molecule has 5 nitrogen and oxygen atoms in total. The molecule has 1 unspecified atom stereocenters. The van der Waals surface area contributed by atoms with Crippen LogP contribution in [0.25, 0.3) is 0 Å². The number of nitrogens with zero attached hydrogens (tertiary/aromatic N) is 3. The Balaban J connectivity index is 2.14. The van der Waals surface area contributed by atoms with Crippen molar-refractivity contribution in [3.05, 3.63) is 36.2 Å². The zero-order chi connectivity index (χ0) is 15.1. The van der Waals surface area contributed by atoms with Crippen LogP contribution in [0.1, 0.15) is 31.9 Å². The van der Waals surface area contributed by atoms with E-state index in [0.717, 1.165) is 29.8 Å². The smallest absolute Gasteiger partial charge is 0.191 e. The monoisotopic (exact) mass is 303 g/mol. The van der Waals surface area contributed by atoms with E-state index in [1.807, 2.05) is 24.5 Å². The molecule has 6 heteroatoms. The summed E-state index contributed by atoms with van der Waals surface area (Å²) in [5.41, 5.74) is 1.18. The van der Waals surface area contributed by atoms with E-state index in [1.54, 1.807) is 24.2 Å². The predicted molar refractivity (Wildman–Crippen MR) is 88.9 cm³/mol. The molecule has 0 saturated heterocycles. The van der Waals surface area contributed by atoms with Crippen LogP contribution in [0.4, 0.5) is 11.6 Å². The van der Waals surface area contributed by atoms with Crippen LogP contribution in [0.2, 0.25) is 0 Å². The summed E-state index contributed by atoms with van der Waals surface area (Å²) >= 11 is 1.54. The third-order valence-electron chi connectivity index (χ3n) is 3.01. The van der Waals surface area contributed by atoms with Crippen LogP contribution >= 0.6 is 11.8 Å². The van der Waals surface area contributed by atoms with Gasteiger partial charge < -0.3 is 10.6 Å². The van der Waals surface area contributed by atoms with E-state index < -0.39 is 0 Å². The molecule has 2 heterocycles. The van der Waals surface area contributed by atoms with Gasteiger partial charge in [0.25, 0.3) is 0 Å². The zero-order valence-corrected chi connectivity index (χ0v) is 13.4. The van der Waals surface area contributed by atoms with Gasteiger partial charge in [-0.25, -0.2) is 9.97 Å². The maximum absolute atomic E-state index is 4.51. The van der Waals surface area contributed by atoms with Crippen molar-refractivity contribution in [2.24, 2.45) is 0 Å². The third kappa shape index (κ3) is 4.60. The molecule has 2 aromatic heterocycles. The van der Waals surface area contributed by atoms with Crippen LogP contribution in [-0.2, 0) is 0 Å². The Hall–Kier alpha value is -1.82. The SMILES string of the molecule is CCCNc1cc(NC(C)c2ccncc2)nc(SC)n1. The maximum Gasteiger partial charge on any atom is 0.191 e. The van der Waals surface area contributed by atoms with Gasteiger partial charge in [-0.3, -0.25) is 4.98 Å². The molecule has 0 bridgehead atoms. The van der Waals surface area contributed by atoms with Gasteiger partial charge in [0.15, 0.2) is 5.16 Å². The van der Waals surface area contributed by atoms with Crippen molar-refractivity contribution in [1.82, 2.24) is 15.0 Å². The fourth-order valence-corrected chi connectivity index (χ4v) is 2.27. The molecule has 21 heavy (non-hydrogen) atoms. The maximum atomic E-state index is 4.51. The van der Waals surface area contributed by atoms with Gasteiger partial charge in [-0.15, -0.1) is 0 Å². The van der Waals surface area contributed by atoms with E-state index in [0.29, 0.717) is 0 Å². The number of aromatic nitrogens is 3. The molecule has 2 aromatic rings. The van der Waals surface area contributed by atoms with E-state index in [-0.39, 0.29) is 6.04 Å². The van der Waals surface area contributed by atoms with Crippen LogP contribution in [0.5, 0.6) is 0 Å². The van der Waals surface area contributed by atoms with Crippen LogP contribution < -0.4 is 10.6 Å². The van der Waals surface area contributed by atoms with Crippen molar-refractivity contribution in [1.29, 1.82) is 0 Å². The average Bonchev–Trinajstić information content (AvgIpc) is 2.53. The van der Waals surface area contributed by atoms with Gasteiger partial charge in [-0.1, -0.05) is 18.7 Å². The molecule has 0 aliphatic rings. The summed E-state index contributed by atoms with van der Waals surface area (Å²) in [5.74, 6) is 1.69. The Morgan fingerprint density at radius 2 is 1.90 bits per heavy atom. The second-order valence-electron chi connectivity index (χ2n) is 4.70. The van der Waals surface area contributed by atoms with Crippen molar-refractivity contribution >= 4 is 23.4 Å². The molecular formula is C15H21N5S. The standard InChI is InChI=1S/C15H21N5S/c1-4-7-17-13-10-14(20-15(19-13)21-3)18-11(2)12-5-8-16-9-6-12/h5-6,8-11H,4,7H2,1-3H3,(H2,17,18,19,20). The molecule has 0 spiro atoms. The number of pyridine rings is 1. The fourth-order valence-electron chi connectivity index (χ4n) is 1.89. The Kier molecular flexibility index (Phi) is 5.80. The fraction of sp³-hybridized carbons (Fsp3) is 0.400. The van der Waals surface area contributed by atoms with Crippen molar-refractivity contribution in [3.8, 4) is 0 Å². The number of anilines is 2. The normalized spacial score (nSPS) is 12.0. The highest BCUT2D eigenvalue weighted by Crippen LogP contribution is 2.21. The van der Waals surface area contributed by atoms with Gasteiger partial charge in [-0.2, -0.15) is 0 Å². The summed E-state index contributed by atoms with van der Waals surface area (Å²) in [6.07, 6.45) is 6.65. The van der Waals surface area contributed by atoms with Gasteiger partial charge in [0, 0.05) is 25.0 Å². The lowest BCUT2D eigenvalue weighted by molar-refractivity contribution is 0.851. The summed E-state index contributed by atoms with van der Waals surface area (Å²) < 4.78 is 0. The van der Waals surface area contributed by atoms with Gasteiger partial charge in [0.05, 0.1) is 6.04 Å². The first kappa shape index (κ1) is 15.6. The molecule has 2 rings (SSSR count). The third-order valence-corrected chi connectivity index (χ3v) is 3.56. The summed E-state index contributed by atoms with van der Waals surface area (Å²) in [4.78, 5) is 13.0. The highest BCUT2D eigenvalue weighted by molar-refractivity contribution is 7.98. The van der Waals surface area contributed by atoms with Gasteiger partial charge in [0.1, 0.15) is 11.6 Å². The number of thioether (sulfide) groups is 1. The Morgan fingerprint density at radius 1 is 1.19 bits per heavy atom. The van der Waals surface area contributed by atoms with Crippen LogP contribution in [0, 0.1) is 0 Å². The highest BCUT2D eigenvalue weighted by atomic mass is 32.2. The Labute approximate surface area is 130 Å². The van der Waals surface area contributed by atoms with Crippen molar-refractivity contribution in [3.63, 3.8) is 0 Å². The Morgan fingerprint density at radius 3 is 2.57 bits per heavy atom. The lowest BCUT2D eigenvalue weighted by Gasteiger charge is -2.16. The molecule has 0 saturated carbocycles. The summed E-state index contributed by atoms with van der Waals surface area (Å²) in [5, 5.41) is 7.49. The van der Waals surface area contributed by atoms with E-state index in [9.17, 15) is 0 Å². The minimum absolute atomic E-state index is 0.164. The first-order chi connectivity index (χ1) is 10.2. The number of nitrogens with one attached hydrogen (secondary N) is 2.